The Morgan fingerprint density at radius 1 is 0.684 bits per heavy atom. The van der Waals surface area contributed by atoms with Crippen molar-refractivity contribution in [2.75, 3.05) is 0 Å². The van der Waals surface area contributed by atoms with Crippen molar-refractivity contribution in [1.29, 1.82) is 0 Å². The Bertz CT molecular complexity index is 896. The van der Waals surface area contributed by atoms with Crippen LogP contribution in [-0.4, -0.2) is 9.97 Å². The summed E-state index contributed by atoms with van der Waals surface area (Å²) in [7, 11) is 0. The lowest BCUT2D eigenvalue weighted by molar-refractivity contribution is 1.17. The highest BCUT2D eigenvalue weighted by molar-refractivity contribution is 9.10. The van der Waals surface area contributed by atoms with Gasteiger partial charge in [-0.3, -0.25) is 0 Å². The third-order valence-electron chi connectivity index (χ3n) is 3.45. The van der Waals surface area contributed by atoms with Gasteiger partial charge in [0, 0.05) is 17.0 Å². The average molecular weight is 309 g/mol. The van der Waals surface area contributed by atoms with Gasteiger partial charge in [-0.2, -0.15) is 0 Å². The summed E-state index contributed by atoms with van der Waals surface area (Å²) in [5.74, 6) is 0. The minimum absolute atomic E-state index is 0.625. The average Bonchev–Trinajstić information content (AvgIpc) is 2.47. The van der Waals surface area contributed by atoms with Gasteiger partial charge in [0.05, 0.1) is 5.52 Å². The lowest BCUT2D eigenvalue weighted by Gasteiger charge is -2.08. The lowest BCUT2D eigenvalue weighted by atomic mass is 9.98. The molecule has 0 aliphatic rings. The molecule has 0 radical (unpaired) electrons. The number of fused-ring (bicyclic) bond motifs is 6. The van der Waals surface area contributed by atoms with Crippen LogP contribution in [0.3, 0.4) is 0 Å². The molecule has 0 N–H and O–H groups in total. The van der Waals surface area contributed by atoms with Gasteiger partial charge < -0.3 is 0 Å². The van der Waals surface area contributed by atoms with E-state index in [0.717, 1.165) is 10.9 Å². The van der Waals surface area contributed by atoms with Crippen LogP contribution in [0.25, 0.3) is 32.4 Å². The maximum Gasteiger partial charge on any atom is 0.197 e. The maximum absolute atomic E-state index is 4.56. The minimum atomic E-state index is 0.625. The first-order chi connectivity index (χ1) is 9.34. The van der Waals surface area contributed by atoms with E-state index in [4.69, 9.17) is 0 Å². The van der Waals surface area contributed by atoms with Crippen LogP contribution in [0.1, 0.15) is 0 Å². The number of halogens is 1. The molecule has 3 heteroatoms. The summed E-state index contributed by atoms with van der Waals surface area (Å²) < 4.78 is 0.625. The van der Waals surface area contributed by atoms with Crippen molar-refractivity contribution in [3.8, 4) is 0 Å². The standard InChI is InChI=1S/C16H9BrN2/c17-16-18-9-14-12-7-2-1-5-10(12)11-6-3-4-8-13(11)15(14)19-16/h1-9H. The Labute approximate surface area is 118 Å². The number of hydrogen-bond donors (Lipinski definition) is 0. The molecule has 0 saturated carbocycles. The fraction of sp³-hybridized carbons (Fsp3) is 0. The highest BCUT2D eigenvalue weighted by atomic mass is 79.9. The van der Waals surface area contributed by atoms with Gasteiger partial charge in [-0.1, -0.05) is 48.5 Å². The maximum atomic E-state index is 4.56. The van der Waals surface area contributed by atoms with Crippen LogP contribution < -0.4 is 0 Å². The van der Waals surface area contributed by atoms with Gasteiger partial charge >= 0.3 is 0 Å². The predicted octanol–water partition coefficient (Wildman–Crippen LogP) is 4.70. The van der Waals surface area contributed by atoms with Crippen LogP contribution in [0.15, 0.2) is 59.5 Å². The molecule has 0 saturated heterocycles. The summed E-state index contributed by atoms with van der Waals surface area (Å²) in [5, 5.41) is 5.94. The van der Waals surface area contributed by atoms with Gasteiger partial charge in [0.25, 0.3) is 0 Å². The molecule has 19 heavy (non-hydrogen) atoms. The van der Waals surface area contributed by atoms with Crippen molar-refractivity contribution >= 4 is 48.4 Å². The van der Waals surface area contributed by atoms with E-state index < -0.39 is 0 Å². The van der Waals surface area contributed by atoms with Crippen molar-refractivity contribution in [2.24, 2.45) is 0 Å². The van der Waals surface area contributed by atoms with Crippen molar-refractivity contribution in [3.05, 3.63) is 59.5 Å². The molecule has 0 aliphatic carbocycles. The second-order valence-electron chi connectivity index (χ2n) is 4.49. The number of nitrogens with zero attached hydrogens (tertiary/aromatic N) is 2. The molecule has 4 aromatic rings. The van der Waals surface area contributed by atoms with E-state index in [1.165, 1.54) is 21.5 Å². The summed E-state index contributed by atoms with van der Waals surface area (Å²) in [6, 6.07) is 16.8. The summed E-state index contributed by atoms with van der Waals surface area (Å²) in [4.78, 5) is 8.83. The molecule has 4 rings (SSSR count). The number of hydrogen-bond acceptors (Lipinski definition) is 2. The number of benzene rings is 3. The molecule has 0 amide bonds. The second kappa shape index (κ2) is 4.00. The summed E-state index contributed by atoms with van der Waals surface area (Å²) in [6.07, 6.45) is 1.89. The number of rotatable bonds is 0. The molecule has 0 unspecified atom stereocenters. The molecule has 0 bridgehead atoms. The van der Waals surface area contributed by atoms with Gasteiger partial charge in [0.2, 0.25) is 0 Å². The monoisotopic (exact) mass is 308 g/mol. The summed E-state index contributed by atoms with van der Waals surface area (Å²) in [6.45, 7) is 0. The van der Waals surface area contributed by atoms with Crippen molar-refractivity contribution < 1.29 is 0 Å². The third kappa shape index (κ3) is 1.55. The normalized spacial score (nSPS) is 11.4. The molecule has 1 heterocycles. The molecular formula is C16H9BrN2. The van der Waals surface area contributed by atoms with Crippen LogP contribution >= 0.6 is 15.9 Å². The van der Waals surface area contributed by atoms with Gasteiger partial charge in [0.15, 0.2) is 4.73 Å². The first kappa shape index (κ1) is 10.9. The van der Waals surface area contributed by atoms with Crippen LogP contribution in [0.4, 0.5) is 0 Å². The zero-order valence-corrected chi connectivity index (χ0v) is 11.6. The van der Waals surface area contributed by atoms with Crippen LogP contribution in [0.2, 0.25) is 0 Å². The van der Waals surface area contributed by atoms with Crippen LogP contribution in [0, 0.1) is 0 Å². The van der Waals surface area contributed by atoms with Crippen LogP contribution in [0.5, 0.6) is 0 Å². The smallest absolute Gasteiger partial charge is 0.197 e. The molecule has 0 atom stereocenters. The third-order valence-corrected chi connectivity index (χ3v) is 3.83. The van der Waals surface area contributed by atoms with E-state index >= 15 is 0 Å². The largest absolute Gasteiger partial charge is 0.230 e. The summed E-state index contributed by atoms with van der Waals surface area (Å²) in [5.41, 5.74) is 0.996. The topological polar surface area (TPSA) is 25.8 Å². The highest BCUT2D eigenvalue weighted by Gasteiger charge is 2.09. The van der Waals surface area contributed by atoms with E-state index in [-0.39, 0.29) is 0 Å². The molecule has 0 spiro atoms. The molecule has 0 aliphatic heterocycles. The van der Waals surface area contributed by atoms with Gasteiger partial charge in [-0.15, -0.1) is 0 Å². The van der Waals surface area contributed by atoms with E-state index in [2.05, 4.69) is 68.4 Å². The molecule has 0 fully saturated rings. The predicted molar refractivity (Wildman–Crippen MR) is 82.3 cm³/mol. The first-order valence-corrected chi connectivity index (χ1v) is 6.85. The van der Waals surface area contributed by atoms with E-state index in [9.17, 15) is 0 Å². The van der Waals surface area contributed by atoms with Gasteiger partial charge in [-0.05, 0) is 32.1 Å². The van der Waals surface area contributed by atoms with Gasteiger partial charge in [0.1, 0.15) is 0 Å². The number of aromatic nitrogens is 2. The molecule has 2 nitrogen and oxygen atoms in total. The van der Waals surface area contributed by atoms with Crippen molar-refractivity contribution in [2.45, 2.75) is 0 Å². The Hall–Kier alpha value is -2.00. The van der Waals surface area contributed by atoms with Crippen molar-refractivity contribution in [3.63, 3.8) is 0 Å². The quantitative estimate of drug-likeness (QED) is 0.347. The Balaban J connectivity index is 2.43. The Kier molecular flexibility index (Phi) is 2.29. The fourth-order valence-electron chi connectivity index (χ4n) is 2.64. The highest BCUT2D eigenvalue weighted by Crippen LogP contribution is 2.33. The fourth-order valence-corrected chi connectivity index (χ4v) is 2.92. The SMILES string of the molecule is Brc1ncc2c3ccccc3c3ccccc3c2n1. The molecule has 3 aromatic carbocycles. The van der Waals surface area contributed by atoms with E-state index in [1.54, 1.807) is 0 Å². The molecule has 90 valence electrons. The minimum Gasteiger partial charge on any atom is -0.230 e. The zero-order chi connectivity index (χ0) is 12.8. The second-order valence-corrected chi connectivity index (χ2v) is 5.20. The Morgan fingerprint density at radius 3 is 1.89 bits per heavy atom. The van der Waals surface area contributed by atoms with E-state index in [1.807, 2.05) is 12.3 Å². The van der Waals surface area contributed by atoms with Crippen LogP contribution in [-0.2, 0) is 0 Å². The lowest BCUT2D eigenvalue weighted by Crippen LogP contribution is -1.88. The molecular weight excluding hydrogens is 300 g/mol. The van der Waals surface area contributed by atoms with Gasteiger partial charge in [-0.25, -0.2) is 9.97 Å². The van der Waals surface area contributed by atoms with Crippen molar-refractivity contribution in [1.82, 2.24) is 9.97 Å². The zero-order valence-electron chi connectivity index (χ0n) is 9.97. The molecule has 1 aromatic heterocycles. The Morgan fingerprint density at radius 2 is 1.21 bits per heavy atom. The first-order valence-electron chi connectivity index (χ1n) is 6.06. The summed E-state index contributed by atoms with van der Waals surface area (Å²) >= 11 is 3.36. The van der Waals surface area contributed by atoms with E-state index in [0.29, 0.717) is 4.73 Å².